The fourth-order valence-corrected chi connectivity index (χ4v) is 3.91. The zero-order valence-corrected chi connectivity index (χ0v) is 12.4. The third-order valence-electron chi connectivity index (χ3n) is 4.34. The second-order valence-corrected chi connectivity index (χ2v) is 7.00. The van der Waals surface area contributed by atoms with Crippen LogP contribution in [0.25, 0.3) is 0 Å². The summed E-state index contributed by atoms with van der Waals surface area (Å²) < 4.78 is 7.42. The minimum Gasteiger partial charge on any atom is -0.487 e. The molecule has 2 aliphatic rings. The average Bonchev–Trinajstić information content (AvgIpc) is 2.31. The van der Waals surface area contributed by atoms with Crippen molar-refractivity contribution >= 4 is 15.9 Å². The highest BCUT2D eigenvalue weighted by molar-refractivity contribution is 9.10. The Bertz CT molecular complexity index is 464. The van der Waals surface area contributed by atoms with Gasteiger partial charge in [-0.3, -0.25) is 0 Å². The first-order chi connectivity index (χ1) is 8.51. The molecule has 0 saturated heterocycles. The number of rotatable bonds is 0. The molecule has 1 unspecified atom stereocenters. The summed E-state index contributed by atoms with van der Waals surface area (Å²) in [5.74, 6) is 0.983. The lowest BCUT2D eigenvalue weighted by Gasteiger charge is -2.47. The van der Waals surface area contributed by atoms with Crippen molar-refractivity contribution in [3.05, 3.63) is 28.2 Å². The maximum Gasteiger partial charge on any atom is 0.125 e. The van der Waals surface area contributed by atoms with E-state index >= 15 is 0 Å². The van der Waals surface area contributed by atoms with Crippen molar-refractivity contribution in [1.29, 1.82) is 0 Å². The predicted octanol–water partition coefficient (Wildman–Crippen LogP) is 4.11. The van der Waals surface area contributed by atoms with E-state index in [1.165, 1.54) is 19.3 Å². The highest BCUT2D eigenvalue weighted by Gasteiger charge is 2.45. The van der Waals surface area contributed by atoms with Crippen molar-refractivity contribution in [2.75, 3.05) is 0 Å². The van der Waals surface area contributed by atoms with Crippen molar-refractivity contribution in [3.63, 3.8) is 0 Å². The molecule has 1 atom stereocenters. The average molecular weight is 310 g/mol. The molecule has 3 rings (SSSR count). The number of nitrogens with two attached hydrogens (primary N) is 1. The van der Waals surface area contributed by atoms with Gasteiger partial charge in [-0.05, 0) is 50.8 Å². The highest BCUT2D eigenvalue weighted by atomic mass is 79.9. The molecule has 0 radical (unpaired) electrons. The largest absolute Gasteiger partial charge is 0.487 e. The fourth-order valence-electron chi connectivity index (χ4n) is 3.55. The lowest BCUT2D eigenvalue weighted by atomic mass is 9.72. The summed E-state index contributed by atoms with van der Waals surface area (Å²) in [6.45, 7) is 2.14. The number of hydrogen-bond donors (Lipinski definition) is 1. The molecule has 1 aromatic rings. The van der Waals surface area contributed by atoms with Gasteiger partial charge in [0.25, 0.3) is 0 Å². The Kier molecular flexibility index (Phi) is 2.94. The third-order valence-corrected chi connectivity index (χ3v) is 4.83. The molecular weight excluding hydrogens is 290 g/mol. The van der Waals surface area contributed by atoms with Gasteiger partial charge < -0.3 is 10.5 Å². The van der Waals surface area contributed by atoms with Crippen LogP contribution in [0.3, 0.4) is 0 Å². The third kappa shape index (κ3) is 2.08. The minimum absolute atomic E-state index is 0.0113. The minimum atomic E-state index is -0.283. The zero-order chi connectivity index (χ0) is 12.8. The van der Waals surface area contributed by atoms with Crippen LogP contribution in [0, 0.1) is 0 Å². The van der Waals surface area contributed by atoms with Gasteiger partial charge in [0.05, 0.1) is 0 Å². The molecule has 0 amide bonds. The maximum atomic E-state index is 6.56. The van der Waals surface area contributed by atoms with Gasteiger partial charge in [-0.1, -0.05) is 22.4 Å². The maximum absolute atomic E-state index is 6.56. The van der Waals surface area contributed by atoms with Crippen molar-refractivity contribution in [3.8, 4) is 5.75 Å². The van der Waals surface area contributed by atoms with Crippen LogP contribution in [-0.4, -0.2) is 5.60 Å². The molecule has 18 heavy (non-hydrogen) atoms. The number of halogens is 1. The van der Waals surface area contributed by atoms with Crippen molar-refractivity contribution < 1.29 is 4.74 Å². The normalized spacial score (nSPS) is 29.7. The Morgan fingerprint density at radius 1 is 1.22 bits per heavy atom. The Morgan fingerprint density at radius 2 is 1.94 bits per heavy atom. The number of fused-ring (bicyclic) bond motifs is 1. The number of ether oxygens (including phenoxy) is 1. The van der Waals surface area contributed by atoms with Gasteiger partial charge in [-0.25, -0.2) is 0 Å². The smallest absolute Gasteiger partial charge is 0.125 e. The van der Waals surface area contributed by atoms with Crippen LogP contribution < -0.4 is 10.5 Å². The molecule has 2 N–H and O–H groups in total. The quantitative estimate of drug-likeness (QED) is 0.783. The van der Waals surface area contributed by atoms with Crippen molar-refractivity contribution in [2.24, 2.45) is 5.73 Å². The summed E-state index contributed by atoms with van der Waals surface area (Å²) in [4.78, 5) is 0. The molecule has 0 aromatic heterocycles. The lowest BCUT2D eigenvalue weighted by Crippen LogP contribution is -2.51. The van der Waals surface area contributed by atoms with Crippen LogP contribution in [0.4, 0.5) is 0 Å². The summed E-state index contributed by atoms with van der Waals surface area (Å²) in [5.41, 5.74) is 7.40. The Hall–Kier alpha value is -0.540. The van der Waals surface area contributed by atoms with Crippen LogP contribution >= 0.6 is 15.9 Å². The number of benzene rings is 1. The van der Waals surface area contributed by atoms with E-state index in [9.17, 15) is 0 Å². The number of hydrogen-bond acceptors (Lipinski definition) is 2. The van der Waals surface area contributed by atoms with Gasteiger partial charge in [0, 0.05) is 22.0 Å². The molecule has 1 aliphatic carbocycles. The molecule has 2 nitrogen and oxygen atoms in total. The van der Waals surface area contributed by atoms with E-state index in [1.54, 1.807) is 0 Å². The van der Waals surface area contributed by atoms with Crippen LogP contribution in [-0.2, 0) is 5.54 Å². The summed E-state index contributed by atoms with van der Waals surface area (Å²) in [6, 6.07) is 6.20. The van der Waals surface area contributed by atoms with E-state index in [4.69, 9.17) is 10.5 Å². The van der Waals surface area contributed by atoms with Crippen molar-refractivity contribution in [2.45, 2.75) is 56.6 Å². The zero-order valence-electron chi connectivity index (χ0n) is 10.8. The lowest BCUT2D eigenvalue weighted by molar-refractivity contribution is -0.0147. The van der Waals surface area contributed by atoms with Gasteiger partial charge in [-0.15, -0.1) is 0 Å². The monoisotopic (exact) mass is 309 g/mol. The van der Waals surface area contributed by atoms with Gasteiger partial charge >= 0.3 is 0 Å². The Morgan fingerprint density at radius 3 is 2.67 bits per heavy atom. The Labute approximate surface area is 117 Å². The molecule has 0 bridgehead atoms. The molecule has 1 aromatic carbocycles. The van der Waals surface area contributed by atoms with Gasteiger partial charge in [0.2, 0.25) is 0 Å². The SMILES string of the molecule is CC1(N)CC2(CCCCC2)Oc2ccc(Br)cc21. The van der Waals surface area contributed by atoms with Crippen LogP contribution in [0.15, 0.2) is 22.7 Å². The van der Waals surface area contributed by atoms with E-state index in [-0.39, 0.29) is 11.1 Å². The van der Waals surface area contributed by atoms with E-state index in [0.717, 1.165) is 35.0 Å². The first-order valence-electron chi connectivity index (χ1n) is 6.79. The molecule has 1 spiro atoms. The van der Waals surface area contributed by atoms with E-state index in [0.29, 0.717) is 0 Å². The molecule has 1 saturated carbocycles. The van der Waals surface area contributed by atoms with Gasteiger partial charge in [0.15, 0.2) is 0 Å². The predicted molar refractivity (Wildman–Crippen MR) is 76.7 cm³/mol. The van der Waals surface area contributed by atoms with E-state index < -0.39 is 0 Å². The first-order valence-corrected chi connectivity index (χ1v) is 7.58. The molecule has 1 fully saturated rings. The molecule has 98 valence electrons. The second-order valence-electron chi connectivity index (χ2n) is 6.08. The van der Waals surface area contributed by atoms with Gasteiger partial charge in [0.1, 0.15) is 11.4 Å². The van der Waals surface area contributed by atoms with Crippen LogP contribution in [0.2, 0.25) is 0 Å². The van der Waals surface area contributed by atoms with E-state index in [2.05, 4.69) is 35.0 Å². The topological polar surface area (TPSA) is 35.2 Å². The van der Waals surface area contributed by atoms with Crippen LogP contribution in [0.5, 0.6) is 5.75 Å². The van der Waals surface area contributed by atoms with Crippen LogP contribution in [0.1, 0.15) is 51.0 Å². The molecule has 3 heteroatoms. The molecule has 1 aliphatic heterocycles. The fraction of sp³-hybridized carbons (Fsp3) is 0.600. The summed E-state index contributed by atoms with van der Waals surface area (Å²) in [6.07, 6.45) is 7.09. The van der Waals surface area contributed by atoms with E-state index in [1.807, 2.05) is 6.07 Å². The highest BCUT2D eigenvalue weighted by Crippen LogP contribution is 2.48. The molecule has 1 heterocycles. The summed E-state index contributed by atoms with van der Waals surface area (Å²) >= 11 is 3.52. The second kappa shape index (κ2) is 4.24. The summed E-state index contributed by atoms with van der Waals surface area (Å²) in [5, 5.41) is 0. The standard InChI is InChI=1S/C15H20BrNO/c1-14(17)10-15(7-3-2-4-8-15)18-13-6-5-11(16)9-12(13)14/h5-6,9H,2-4,7-8,10,17H2,1H3. The van der Waals surface area contributed by atoms with Crippen molar-refractivity contribution in [1.82, 2.24) is 0 Å². The van der Waals surface area contributed by atoms with Gasteiger partial charge in [-0.2, -0.15) is 0 Å². The first kappa shape index (κ1) is 12.5. The Balaban J connectivity index is 2.02. The molecular formula is C15H20BrNO. The summed E-state index contributed by atoms with van der Waals surface area (Å²) in [7, 11) is 0.